The highest BCUT2D eigenvalue weighted by molar-refractivity contribution is 7.13. The van der Waals surface area contributed by atoms with Gasteiger partial charge >= 0.3 is 0 Å². The lowest BCUT2D eigenvalue weighted by atomic mass is 10.1. The second kappa shape index (κ2) is 6.21. The number of para-hydroxylation sites is 2. The molecule has 4 aromatic rings. The number of fused-ring (bicyclic) bond motifs is 1. The molecule has 7 heteroatoms. The lowest BCUT2D eigenvalue weighted by Crippen LogP contribution is -2.26. The first-order chi connectivity index (χ1) is 11.8. The Hall–Kier alpha value is -3.06. The maximum atomic E-state index is 12.9. The molecule has 118 valence electrons. The maximum absolute atomic E-state index is 12.9. The number of hydrogen-bond donors (Lipinski definition) is 1. The Morgan fingerprint density at radius 1 is 1.08 bits per heavy atom. The van der Waals surface area contributed by atoms with Crippen molar-refractivity contribution in [1.82, 2.24) is 19.7 Å². The molecule has 1 atom stereocenters. The van der Waals surface area contributed by atoms with Crippen LogP contribution in [0.3, 0.4) is 0 Å². The normalized spacial score (nSPS) is 12.2. The quantitative estimate of drug-likeness (QED) is 0.622. The third-order valence-corrected chi connectivity index (χ3v) is 4.32. The molecule has 0 saturated heterocycles. The van der Waals surface area contributed by atoms with Gasteiger partial charge in [0.05, 0.1) is 17.4 Å². The third-order valence-electron chi connectivity index (χ3n) is 3.71. The van der Waals surface area contributed by atoms with Gasteiger partial charge in [0.2, 0.25) is 5.13 Å². The predicted octanol–water partition coefficient (Wildman–Crippen LogP) is 3.12. The predicted molar refractivity (Wildman–Crippen MR) is 92.9 cm³/mol. The Morgan fingerprint density at radius 3 is 2.67 bits per heavy atom. The summed E-state index contributed by atoms with van der Waals surface area (Å²) >= 11 is 1.29. The Balaban J connectivity index is 1.80. The third kappa shape index (κ3) is 2.65. The molecule has 0 aliphatic heterocycles. The molecule has 0 saturated carbocycles. The summed E-state index contributed by atoms with van der Waals surface area (Å²) in [6.07, 6.45) is 1.70. The van der Waals surface area contributed by atoms with Gasteiger partial charge in [-0.25, -0.2) is 4.98 Å². The van der Waals surface area contributed by atoms with Crippen molar-refractivity contribution in [2.75, 3.05) is 5.32 Å². The van der Waals surface area contributed by atoms with Gasteiger partial charge in [-0.1, -0.05) is 53.8 Å². The van der Waals surface area contributed by atoms with E-state index in [4.69, 9.17) is 0 Å². The van der Waals surface area contributed by atoms with Crippen molar-refractivity contribution >= 4 is 33.4 Å². The molecular weight excluding hydrogens is 322 g/mol. The summed E-state index contributed by atoms with van der Waals surface area (Å²) in [5.74, 6) is -0.180. The zero-order chi connectivity index (χ0) is 16.4. The van der Waals surface area contributed by atoms with Crippen LogP contribution >= 0.6 is 11.3 Å². The first-order valence-corrected chi connectivity index (χ1v) is 8.24. The van der Waals surface area contributed by atoms with Gasteiger partial charge < -0.3 is 4.57 Å². The van der Waals surface area contributed by atoms with Crippen molar-refractivity contribution in [3.05, 3.63) is 72.0 Å². The average Bonchev–Trinajstić information content (AvgIpc) is 3.27. The zero-order valence-electron chi connectivity index (χ0n) is 12.5. The van der Waals surface area contributed by atoms with Crippen molar-refractivity contribution in [3.8, 4) is 0 Å². The lowest BCUT2D eigenvalue weighted by molar-refractivity contribution is -0.118. The molecule has 0 radical (unpaired) electrons. The van der Waals surface area contributed by atoms with Gasteiger partial charge in [-0.2, -0.15) is 0 Å². The smallest absolute Gasteiger partial charge is 0.253 e. The Labute approximate surface area is 141 Å². The molecule has 6 nitrogen and oxygen atoms in total. The van der Waals surface area contributed by atoms with Crippen molar-refractivity contribution in [1.29, 1.82) is 0 Å². The van der Waals surface area contributed by atoms with E-state index in [0.29, 0.717) is 5.13 Å². The molecule has 0 spiro atoms. The molecule has 0 aliphatic rings. The van der Waals surface area contributed by atoms with E-state index in [1.165, 1.54) is 11.3 Å². The Morgan fingerprint density at radius 2 is 1.88 bits per heavy atom. The number of nitrogens with zero attached hydrogens (tertiary/aromatic N) is 4. The first kappa shape index (κ1) is 14.5. The molecule has 0 unspecified atom stereocenters. The highest BCUT2D eigenvalue weighted by Gasteiger charge is 2.24. The summed E-state index contributed by atoms with van der Waals surface area (Å²) in [6, 6.07) is 16.8. The molecule has 1 N–H and O–H groups in total. The number of aromatic nitrogens is 4. The molecule has 0 aliphatic carbocycles. The van der Waals surface area contributed by atoms with Gasteiger partial charge in [0, 0.05) is 0 Å². The molecule has 0 bridgehead atoms. The number of nitrogens with one attached hydrogen (secondary N) is 1. The van der Waals surface area contributed by atoms with E-state index in [0.717, 1.165) is 16.6 Å². The summed E-state index contributed by atoms with van der Waals surface area (Å²) in [5.41, 5.74) is 4.21. The topological polar surface area (TPSA) is 72.7 Å². The lowest BCUT2D eigenvalue weighted by Gasteiger charge is -2.18. The van der Waals surface area contributed by atoms with Crippen LogP contribution in [-0.4, -0.2) is 25.7 Å². The molecule has 2 aromatic heterocycles. The fourth-order valence-corrected chi connectivity index (χ4v) is 3.11. The van der Waals surface area contributed by atoms with Crippen LogP contribution in [0.5, 0.6) is 0 Å². The number of imidazole rings is 1. The highest BCUT2D eigenvalue weighted by Crippen LogP contribution is 2.25. The van der Waals surface area contributed by atoms with E-state index >= 15 is 0 Å². The monoisotopic (exact) mass is 335 g/mol. The molecule has 1 amide bonds. The number of amides is 1. The van der Waals surface area contributed by atoms with Crippen molar-refractivity contribution in [2.45, 2.75) is 6.04 Å². The van der Waals surface area contributed by atoms with Crippen LogP contribution < -0.4 is 5.32 Å². The van der Waals surface area contributed by atoms with Gasteiger partial charge in [0.1, 0.15) is 11.6 Å². The Kier molecular flexibility index (Phi) is 3.76. The minimum absolute atomic E-state index is 0.180. The minimum atomic E-state index is -0.539. The summed E-state index contributed by atoms with van der Waals surface area (Å²) < 4.78 is 1.88. The van der Waals surface area contributed by atoms with E-state index < -0.39 is 6.04 Å². The fraction of sp³-hybridized carbons (Fsp3) is 0.0588. The summed E-state index contributed by atoms with van der Waals surface area (Å²) in [6.45, 7) is 0. The van der Waals surface area contributed by atoms with Crippen molar-refractivity contribution in [3.63, 3.8) is 0 Å². The summed E-state index contributed by atoms with van der Waals surface area (Å²) in [5, 5.41) is 11.0. The van der Waals surface area contributed by atoms with E-state index in [2.05, 4.69) is 20.5 Å². The van der Waals surface area contributed by atoms with Crippen LogP contribution in [-0.2, 0) is 4.79 Å². The van der Waals surface area contributed by atoms with Gasteiger partial charge in [-0.3, -0.25) is 10.1 Å². The van der Waals surface area contributed by atoms with Crippen LogP contribution in [0.15, 0.2) is 66.4 Å². The van der Waals surface area contributed by atoms with Crippen LogP contribution in [0.4, 0.5) is 5.13 Å². The van der Waals surface area contributed by atoms with E-state index in [1.54, 1.807) is 11.8 Å². The van der Waals surface area contributed by atoms with Gasteiger partial charge in [-0.15, -0.1) is 10.2 Å². The average molecular weight is 335 g/mol. The van der Waals surface area contributed by atoms with Gasteiger partial charge in [-0.05, 0) is 17.7 Å². The Bertz CT molecular complexity index is 965. The number of hydrogen-bond acceptors (Lipinski definition) is 5. The number of benzene rings is 2. The summed E-state index contributed by atoms with van der Waals surface area (Å²) in [7, 11) is 0. The van der Waals surface area contributed by atoms with E-state index in [9.17, 15) is 4.79 Å². The van der Waals surface area contributed by atoms with Crippen LogP contribution in [0, 0.1) is 0 Å². The van der Waals surface area contributed by atoms with Crippen LogP contribution in [0.1, 0.15) is 11.6 Å². The molecule has 24 heavy (non-hydrogen) atoms. The number of carbonyl (C=O) groups excluding carboxylic acids is 1. The number of carbonyl (C=O) groups is 1. The molecule has 2 heterocycles. The molecule has 2 aromatic carbocycles. The minimum Gasteiger partial charge on any atom is -0.314 e. The van der Waals surface area contributed by atoms with Gasteiger partial charge in [0.25, 0.3) is 5.91 Å². The second-order valence-corrected chi connectivity index (χ2v) is 6.02. The first-order valence-electron chi connectivity index (χ1n) is 7.36. The summed E-state index contributed by atoms with van der Waals surface area (Å²) in [4.78, 5) is 17.3. The number of anilines is 1. The SMILES string of the molecule is O=C(Nc1nncs1)[C@H](c1ccccc1)n1cnc2ccccc21. The van der Waals surface area contributed by atoms with E-state index in [-0.39, 0.29) is 5.91 Å². The molecule has 4 rings (SSSR count). The molecule has 0 fully saturated rings. The van der Waals surface area contributed by atoms with Crippen LogP contribution in [0.25, 0.3) is 11.0 Å². The largest absolute Gasteiger partial charge is 0.314 e. The zero-order valence-corrected chi connectivity index (χ0v) is 13.4. The van der Waals surface area contributed by atoms with Gasteiger partial charge in [0.15, 0.2) is 0 Å². The van der Waals surface area contributed by atoms with Crippen molar-refractivity contribution < 1.29 is 4.79 Å². The standard InChI is InChI=1S/C17H13N5OS/c23-16(20-17-21-19-11-24-17)15(12-6-2-1-3-7-12)22-10-18-13-8-4-5-9-14(13)22/h1-11,15H,(H,20,21,23)/t15-/m0/s1. The van der Waals surface area contributed by atoms with Crippen LogP contribution in [0.2, 0.25) is 0 Å². The fourth-order valence-electron chi connectivity index (χ4n) is 2.66. The van der Waals surface area contributed by atoms with Crippen molar-refractivity contribution in [2.24, 2.45) is 0 Å². The second-order valence-electron chi connectivity index (χ2n) is 5.19. The maximum Gasteiger partial charge on any atom is 0.253 e. The van der Waals surface area contributed by atoms with E-state index in [1.807, 2.05) is 59.2 Å². The highest BCUT2D eigenvalue weighted by atomic mass is 32.1. The number of rotatable bonds is 4. The molecular formula is C17H13N5OS.